The first kappa shape index (κ1) is 19.0. The van der Waals surface area contributed by atoms with E-state index in [4.69, 9.17) is 4.74 Å². The Bertz CT molecular complexity index is 514. The van der Waals surface area contributed by atoms with E-state index in [1.165, 1.54) is 0 Å². The van der Waals surface area contributed by atoms with Gasteiger partial charge in [-0.15, -0.1) is 0 Å². The first-order valence-corrected chi connectivity index (χ1v) is 7.86. The minimum absolute atomic E-state index is 0.00659. The maximum atomic E-state index is 12.5. The Labute approximate surface area is 138 Å². The van der Waals surface area contributed by atoms with Crippen LogP contribution in [0, 0.1) is 0 Å². The van der Waals surface area contributed by atoms with Gasteiger partial charge in [0.1, 0.15) is 0 Å². The number of hydrogen-bond donors (Lipinski definition) is 2. The first-order chi connectivity index (χ1) is 10.9. The molecule has 1 atom stereocenters. The van der Waals surface area contributed by atoms with Gasteiger partial charge in [0.25, 0.3) is 5.91 Å². The maximum absolute atomic E-state index is 12.5. The molecule has 0 fully saturated rings. The number of carbonyl (C=O) groups excluding carboxylic acids is 2. The van der Waals surface area contributed by atoms with Crippen LogP contribution < -0.4 is 10.6 Å². The summed E-state index contributed by atoms with van der Waals surface area (Å²) < 4.78 is 5.12. The molecule has 6 nitrogen and oxygen atoms in total. The Balaban J connectivity index is 2.74. The smallest absolute Gasteiger partial charge is 0.319 e. The second-order valence-corrected chi connectivity index (χ2v) is 5.73. The Morgan fingerprint density at radius 1 is 1.17 bits per heavy atom. The predicted molar refractivity (Wildman–Crippen MR) is 91.8 cm³/mol. The molecule has 0 bridgehead atoms. The SMILES string of the molecule is CCN(C(=O)c1ccc(NC(=O)NC(C)C)cc1)[C@@H](C)COC. The van der Waals surface area contributed by atoms with Gasteiger partial charge in [0.15, 0.2) is 0 Å². The number of benzene rings is 1. The lowest BCUT2D eigenvalue weighted by Crippen LogP contribution is -2.40. The van der Waals surface area contributed by atoms with Gasteiger partial charge >= 0.3 is 6.03 Å². The third-order valence-electron chi connectivity index (χ3n) is 3.35. The largest absolute Gasteiger partial charge is 0.383 e. The van der Waals surface area contributed by atoms with Gasteiger partial charge < -0.3 is 20.3 Å². The molecule has 6 heteroatoms. The van der Waals surface area contributed by atoms with E-state index in [0.717, 1.165) is 0 Å². The number of likely N-dealkylation sites (N-methyl/N-ethyl adjacent to an activating group) is 1. The fourth-order valence-electron chi connectivity index (χ4n) is 2.28. The van der Waals surface area contributed by atoms with E-state index in [9.17, 15) is 9.59 Å². The van der Waals surface area contributed by atoms with Crippen LogP contribution in [0.25, 0.3) is 0 Å². The molecular formula is C17H27N3O3. The zero-order valence-electron chi connectivity index (χ0n) is 14.6. The summed E-state index contributed by atoms with van der Waals surface area (Å²) >= 11 is 0. The molecule has 3 amide bonds. The van der Waals surface area contributed by atoms with Crippen LogP contribution in [0.3, 0.4) is 0 Å². The van der Waals surface area contributed by atoms with Gasteiger partial charge in [-0.25, -0.2) is 4.79 Å². The molecule has 0 saturated heterocycles. The number of nitrogens with zero attached hydrogens (tertiary/aromatic N) is 1. The maximum Gasteiger partial charge on any atom is 0.319 e. The molecular weight excluding hydrogens is 294 g/mol. The summed E-state index contributed by atoms with van der Waals surface area (Å²) in [6.07, 6.45) is 0. The highest BCUT2D eigenvalue weighted by atomic mass is 16.5. The van der Waals surface area contributed by atoms with E-state index in [0.29, 0.717) is 24.4 Å². The molecule has 128 valence electrons. The van der Waals surface area contributed by atoms with E-state index in [1.54, 1.807) is 36.3 Å². The second-order valence-electron chi connectivity index (χ2n) is 5.73. The molecule has 0 aliphatic carbocycles. The molecule has 2 N–H and O–H groups in total. The second kappa shape index (κ2) is 9.15. The van der Waals surface area contributed by atoms with Crippen molar-refractivity contribution in [1.29, 1.82) is 0 Å². The molecule has 23 heavy (non-hydrogen) atoms. The molecule has 1 rings (SSSR count). The zero-order chi connectivity index (χ0) is 17.4. The Morgan fingerprint density at radius 2 is 1.78 bits per heavy atom. The van der Waals surface area contributed by atoms with Gasteiger partial charge in [0.05, 0.1) is 12.6 Å². The van der Waals surface area contributed by atoms with Crippen LogP contribution in [0.1, 0.15) is 38.1 Å². The van der Waals surface area contributed by atoms with Crippen molar-refractivity contribution in [2.45, 2.75) is 39.8 Å². The summed E-state index contributed by atoms with van der Waals surface area (Å²) in [6.45, 7) is 8.78. The van der Waals surface area contributed by atoms with E-state index < -0.39 is 0 Å². The lowest BCUT2D eigenvalue weighted by atomic mass is 10.1. The van der Waals surface area contributed by atoms with Gasteiger partial charge in [-0.3, -0.25) is 4.79 Å². The number of urea groups is 1. The zero-order valence-corrected chi connectivity index (χ0v) is 14.6. The summed E-state index contributed by atoms with van der Waals surface area (Å²) in [5.74, 6) is -0.0461. The minimum atomic E-state index is -0.261. The molecule has 0 aliphatic heterocycles. The average Bonchev–Trinajstić information content (AvgIpc) is 2.48. The van der Waals surface area contributed by atoms with E-state index in [-0.39, 0.29) is 24.0 Å². The van der Waals surface area contributed by atoms with Crippen LogP contribution in [0.15, 0.2) is 24.3 Å². The van der Waals surface area contributed by atoms with Crippen LogP contribution in [-0.2, 0) is 4.74 Å². The van der Waals surface area contributed by atoms with Crippen LogP contribution >= 0.6 is 0 Å². The number of amides is 3. The summed E-state index contributed by atoms with van der Waals surface area (Å²) in [7, 11) is 1.62. The number of nitrogens with one attached hydrogen (secondary N) is 2. The van der Waals surface area contributed by atoms with Crippen molar-refractivity contribution in [3.05, 3.63) is 29.8 Å². The van der Waals surface area contributed by atoms with Crippen molar-refractivity contribution in [3.63, 3.8) is 0 Å². The lowest BCUT2D eigenvalue weighted by molar-refractivity contribution is 0.0579. The van der Waals surface area contributed by atoms with Crippen LogP contribution in [0.2, 0.25) is 0 Å². The topological polar surface area (TPSA) is 70.7 Å². The third-order valence-corrected chi connectivity index (χ3v) is 3.35. The van der Waals surface area contributed by atoms with Crippen molar-refractivity contribution in [1.82, 2.24) is 10.2 Å². The molecule has 0 radical (unpaired) electrons. The van der Waals surface area contributed by atoms with Crippen molar-refractivity contribution in [2.24, 2.45) is 0 Å². The number of ether oxygens (including phenoxy) is 1. The molecule has 0 aliphatic rings. The van der Waals surface area contributed by atoms with Crippen LogP contribution in [0.4, 0.5) is 10.5 Å². The normalized spacial score (nSPS) is 11.9. The van der Waals surface area contributed by atoms with Crippen molar-refractivity contribution in [3.8, 4) is 0 Å². The monoisotopic (exact) mass is 321 g/mol. The highest BCUT2D eigenvalue weighted by Gasteiger charge is 2.19. The first-order valence-electron chi connectivity index (χ1n) is 7.86. The number of methoxy groups -OCH3 is 1. The van der Waals surface area contributed by atoms with E-state index in [1.807, 2.05) is 27.7 Å². The average molecular weight is 321 g/mol. The highest BCUT2D eigenvalue weighted by Crippen LogP contribution is 2.13. The third kappa shape index (κ3) is 5.90. The number of hydrogen-bond acceptors (Lipinski definition) is 3. The molecule has 1 aromatic carbocycles. The summed E-state index contributed by atoms with van der Waals surface area (Å²) in [5.41, 5.74) is 1.23. The van der Waals surface area contributed by atoms with Crippen LogP contribution in [-0.4, -0.2) is 49.2 Å². The van der Waals surface area contributed by atoms with Crippen molar-refractivity contribution >= 4 is 17.6 Å². The van der Waals surface area contributed by atoms with Gasteiger partial charge in [0, 0.05) is 30.9 Å². The standard InChI is InChI=1S/C17H27N3O3/c1-6-20(13(4)11-23-5)16(21)14-7-9-15(10-8-14)19-17(22)18-12(2)3/h7-10,12-13H,6,11H2,1-5H3,(H2,18,19,22)/t13-/m0/s1. The van der Waals surface area contributed by atoms with Crippen molar-refractivity contribution < 1.29 is 14.3 Å². The molecule has 0 heterocycles. The van der Waals surface area contributed by atoms with E-state index in [2.05, 4.69) is 10.6 Å². The Hall–Kier alpha value is -2.08. The molecule has 0 aromatic heterocycles. The fraction of sp³-hybridized carbons (Fsp3) is 0.529. The quantitative estimate of drug-likeness (QED) is 0.811. The van der Waals surface area contributed by atoms with Gasteiger partial charge in [-0.2, -0.15) is 0 Å². The predicted octanol–water partition coefficient (Wildman–Crippen LogP) is 2.71. The molecule has 0 unspecified atom stereocenters. The number of carbonyl (C=O) groups is 2. The minimum Gasteiger partial charge on any atom is -0.383 e. The Kier molecular flexibility index (Phi) is 7.54. The molecule has 1 aromatic rings. The summed E-state index contributed by atoms with van der Waals surface area (Å²) in [6, 6.07) is 6.70. The van der Waals surface area contributed by atoms with Gasteiger partial charge in [0.2, 0.25) is 0 Å². The molecule has 0 spiro atoms. The van der Waals surface area contributed by atoms with Gasteiger partial charge in [-0.1, -0.05) is 0 Å². The van der Waals surface area contributed by atoms with Gasteiger partial charge in [-0.05, 0) is 52.0 Å². The fourth-order valence-corrected chi connectivity index (χ4v) is 2.28. The summed E-state index contributed by atoms with van der Waals surface area (Å²) in [5, 5.41) is 5.48. The number of rotatable bonds is 7. The Morgan fingerprint density at radius 3 is 2.26 bits per heavy atom. The molecule has 0 saturated carbocycles. The lowest BCUT2D eigenvalue weighted by Gasteiger charge is -2.27. The number of anilines is 1. The van der Waals surface area contributed by atoms with Crippen molar-refractivity contribution in [2.75, 3.05) is 25.6 Å². The summed E-state index contributed by atoms with van der Waals surface area (Å²) in [4.78, 5) is 25.9. The highest BCUT2D eigenvalue weighted by molar-refractivity contribution is 5.95. The van der Waals surface area contributed by atoms with E-state index >= 15 is 0 Å². The van der Waals surface area contributed by atoms with Crippen LogP contribution in [0.5, 0.6) is 0 Å².